The molecule has 2 aromatic carbocycles. The molecular formula is C19H18FNO5. The molecule has 1 N–H and O–H groups in total. The average molecular weight is 359 g/mol. The Balaban J connectivity index is 1.74. The summed E-state index contributed by atoms with van der Waals surface area (Å²) in [7, 11) is 1.46. The largest absolute Gasteiger partial charge is 0.496 e. The second-order valence-electron chi connectivity index (χ2n) is 5.30. The molecule has 0 aliphatic carbocycles. The van der Waals surface area contributed by atoms with Gasteiger partial charge in [-0.2, -0.15) is 0 Å². The molecule has 0 saturated heterocycles. The maximum atomic E-state index is 12.8. The molecule has 0 aliphatic rings. The van der Waals surface area contributed by atoms with Crippen LogP contribution in [0.5, 0.6) is 5.75 Å². The van der Waals surface area contributed by atoms with Crippen LogP contribution in [0.1, 0.15) is 27.1 Å². The molecule has 1 amide bonds. The highest BCUT2D eigenvalue weighted by Crippen LogP contribution is 2.16. The smallest absolute Gasteiger partial charge is 0.308 e. The Bertz CT molecular complexity index is 789. The Labute approximate surface area is 149 Å². The zero-order chi connectivity index (χ0) is 18.9. The van der Waals surface area contributed by atoms with E-state index in [0.29, 0.717) is 11.3 Å². The lowest BCUT2D eigenvalue weighted by Crippen LogP contribution is -2.27. The van der Waals surface area contributed by atoms with Crippen LogP contribution in [0.25, 0.3) is 0 Å². The molecule has 0 radical (unpaired) electrons. The van der Waals surface area contributed by atoms with Crippen molar-refractivity contribution in [1.82, 2.24) is 5.32 Å². The lowest BCUT2D eigenvalue weighted by molar-refractivity contribution is -0.142. The fourth-order valence-corrected chi connectivity index (χ4v) is 2.14. The van der Waals surface area contributed by atoms with E-state index in [-0.39, 0.29) is 24.4 Å². The number of ketones is 1. The number of hydrogen-bond acceptors (Lipinski definition) is 5. The number of hydrogen-bond donors (Lipinski definition) is 1. The second kappa shape index (κ2) is 9.31. The molecule has 136 valence electrons. The Hall–Kier alpha value is -3.22. The van der Waals surface area contributed by atoms with Gasteiger partial charge >= 0.3 is 5.97 Å². The molecule has 0 saturated carbocycles. The van der Waals surface area contributed by atoms with Gasteiger partial charge in [-0.05, 0) is 36.4 Å². The maximum absolute atomic E-state index is 12.8. The first-order valence-electron chi connectivity index (χ1n) is 7.87. The van der Waals surface area contributed by atoms with Crippen molar-refractivity contribution in [1.29, 1.82) is 0 Å². The minimum Gasteiger partial charge on any atom is -0.496 e. The number of methoxy groups -OCH3 is 1. The van der Waals surface area contributed by atoms with Crippen molar-refractivity contribution in [2.24, 2.45) is 0 Å². The first-order valence-corrected chi connectivity index (χ1v) is 7.87. The number of benzene rings is 2. The van der Waals surface area contributed by atoms with Gasteiger partial charge in [-0.1, -0.05) is 12.1 Å². The summed E-state index contributed by atoms with van der Waals surface area (Å²) in [6.45, 7) is -0.384. The highest BCUT2D eigenvalue weighted by atomic mass is 19.1. The third kappa shape index (κ3) is 5.41. The van der Waals surface area contributed by atoms with E-state index in [0.717, 1.165) is 12.1 Å². The van der Waals surface area contributed by atoms with Gasteiger partial charge in [-0.3, -0.25) is 14.4 Å². The number of amides is 1. The number of para-hydroxylation sites is 1. The molecule has 0 heterocycles. The lowest BCUT2D eigenvalue weighted by atomic mass is 10.1. The summed E-state index contributed by atoms with van der Waals surface area (Å²) >= 11 is 0. The van der Waals surface area contributed by atoms with E-state index in [9.17, 15) is 18.8 Å². The van der Waals surface area contributed by atoms with Crippen LogP contribution in [0, 0.1) is 5.82 Å². The van der Waals surface area contributed by atoms with Crippen molar-refractivity contribution in [3.63, 3.8) is 0 Å². The minimum atomic E-state index is -0.624. The number of carbonyl (C=O) groups excluding carboxylic acids is 3. The second-order valence-corrected chi connectivity index (χ2v) is 5.30. The average Bonchev–Trinajstić information content (AvgIpc) is 2.66. The summed E-state index contributed by atoms with van der Waals surface area (Å²) in [5.41, 5.74) is 0.610. The lowest BCUT2D eigenvalue weighted by Gasteiger charge is -2.09. The summed E-state index contributed by atoms with van der Waals surface area (Å²) in [5, 5.41) is 2.58. The number of ether oxygens (including phenoxy) is 2. The topological polar surface area (TPSA) is 81.7 Å². The van der Waals surface area contributed by atoms with E-state index in [1.807, 2.05) is 0 Å². The van der Waals surface area contributed by atoms with Gasteiger partial charge in [-0.25, -0.2) is 4.39 Å². The first kappa shape index (κ1) is 19.1. The van der Waals surface area contributed by atoms with Crippen LogP contribution in [0.3, 0.4) is 0 Å². The number of esters is 1. The molecule has 26 heavy (non-hydrogen) atoms. The molecular weight excluding hydrogens is 341 g/mol. The van der Waals surface area contributed by atoms with Crippen LogP contribution in [0.4, 0.5) is 4.39 Å². The van der Waals surface area contributed by atoms with Gasteiger partial charge in [0.25, 0.3) is 5.91 Å². The molecule has 0 atom stereocenters. The van der Waals surface area contributed by atoms with E-state index in [4.69, 9.17) is 9.47 Å². The summed E-state index contributed by atoms with van der Waals surface area (Å²) < 4.78 is 22.8. The van der Waals surface area contributed by atoms with Crippen molar-refractivity contribution in [3.8, 4) is 5.75 Å². The molecule has 0 unspecified atom stereocenters. The molecule has 0 fully saturated rings. The molecule has 0 spiro atoms. The third-order valence-corrected chi connectivity index (χ3v) is 3.50. The van der Waals surface area contributed by atoms with Gasteiger partial charge < -0.3 is 14.8 Å². The van der Waals surface area contributed by atoms with Gasteiger partial charge in [0.05, 0.1) is 19.1 Å². The molecule has 2 aromatic rings. The Morgan fingerprint density at radius 1 is 1.04 bits per heavy atom. The van der Waals surface area contributed by atoms with Gasteiger partial charge in [0.1, 0.15) is 11.6 Å². The SMILES string of the molecule is COc1ccccc1C(=O)NCCC(=O)OCC(=O)c1ccc(F)cc1. The normalized spacial score (nSPS) is 10.1. The highest BCUT2D eigenvalue weighted by molar-refractivity contribution is 5.98. The van der Waals surface area contributed by atoms with Crippen LogP contribution < -0.4 is 10.1 Å². The van der Waals surface area contributed by atoms with E-state index in [1.165, 1.54) is 19.2 Å². The third-order valence-electron chi connectivity index (χ3n) is 3.50. The standard InChI is InChI=1S/C19H18FNO5/c1-25-17-5-3-2-4-15(17)19(24)21-11-10-18(23)26-12-16(22)13-6-8-14(20)9-7-13/h2-9H,10-12H2,1H3,(H,21,24). The van der Waals surface area contributed by atoms with Crippen LogP contribution in [-0.2, 0) is 9.53 Å². The predicted molar refractivity (Wildman–Crippen MR) is 91.6 cm³/mol. The van der Waals surface area contributed by atoms with Gasteiger partial charge in [0.15, 0.2) is 12.4 Å². The van der Waals surface area contributed by atoms with Crippen molar-refractivity contribution < 1.29 is 28.2 Å². The molecule has 0 bridgehead atoms. The van der Waals surface area contributed by atoms with E-state index in [2.05, 4.69) is 5.32 Å². The van der Waals surface area contributed by atoms with E-state index in [1.54, 1.807) is 24.3 Å². The molecule has 2 rings (SSSR count). The summed E-state index contributed by atoms with van der Waals surface area (Å²) in [6, 6.07) is 11.7. The zero-order valence-electron chi connectivity index (χ0n) is 14.2. The predicted octanol–water partition coefficient (Wildman–Crippen LogP) is 2.38. The van der Waals surface area contributed by atoms with Crippen molar-refractivity contribution in [2.75, 3.05) is 20.3 Å². The van der Waals surface area contributed by atoms with Gasteiger partial charge in [-0.15, -0.1) is 0 Å². The summed E-state index contributed by atoms with van der Waals surface area (Å²) in [4.78, 5) is 35.5. The maximum Gasteiger partial charge on any atom is 0.308 e. The zero-order valence-corrected chi connectivity index (χ0v) is 14.2. The number of Topliss-reactive ketones (excluding diaryl/α,β-unsaturated/α-hetero) is 1. The number of carbonyl (C=O) groups is 3. The molecule has 6 nitrogen and oxygen atoms in total. The quantitative estimate of drug-likeness (QED) is 0.578. The van der Waals surface area contributed by atoms with Gasteiger partial charge in [0.2, 0.25) is 0 Å². The van der Waals surface area contributed by atoms with Crippen LogP contribution in [-0.4, -0.2) is 37.9 Å². The summed E-state index contributed by atoms with van der Waals surface area (Å²) in [5.74, 6) is -1.46. The fraction of sp³-hybridized carbons (Fsp3) is 0.211. The molecule has 0 aromatic heterocycles. The van der Waals surface area contributed by atoms with Crippen LogP contribution in [0.2, 0.25) is 0 Å². The minimum absolute atomic E-state index is 0.0560. The number of rotatable bonds is 8. The summed E-state index contributed by atoms with van der Waals surface area (Å²) in [6.07, 6.45) is -0.0857. The molecule has 0 aliphatic heterocycles. The Morgan fingerprint density at radius 2 is 1.73 bits per heavy atom. The number of nitrogens with one attached hydrogen (secondary N) is 1. The van der Waals surface area contributed by atoms with Crippen molar-refractivity contribution in [3.05, 3.63) is 65.5 Å². The molecule has 7 heteroatoms. The highest BCUT2D eigenvalue weighted by Gasteiger charge is 2.13. The van der Waals surface area contributed by atoms with Crippen molar-refractivity contribution in [2.45, 2.75) is 6.42 Å². The Morgan fingerprint density at radius 3 is 2.42 bits per heavy atom. The Kier molecular flexibility index (Phi) is 6.84. The van der Waals surface area contributed by atoms with E-state index < -0.39 is 24.2 Å². The van der Waals surface area contributed by atoms with Crippen LogP contribution >= 0.6 is 0 Å². The monoisotopic (exact) mass is 359 g/mol. The number of halogens is 1. The fourth-order valence-electron chi connectivity index (χ4n) is 2.14. The van der Waals surface area contributed by atoms with Crippen LogP contribution in [0.15, 0.2) is 48.5 Å². The van der Waals surface area contributed by atoms with E-state index >= 15 is 0 Å². The first-order chi connectivity index (χ1) is 12.5. The van der Waals surface area contributed by atoms with Crippen molar-refractivity contribution >= 4 is 17.7 Å². The van der Waals surface area contributed by atoms with Gasteiger partial charge in [0, 0.05) is 12.1 Å².